The number of aliphatic hydroxyl groups excluding tert-OH is 1. The first kappa shape index (κ1) is 14.2. The standard InChI is InChI=1S/C16H16O4/c1-20-12-9-14(18)16(15(19)10-12)13(17)8-7-11-5-3-2-4-6-11/h2-9,15-16,19H,10H2,1H3. The topological polar surface area (TPSA) is 63.6 Å². The van der Waals surface area contributed by atoms with Gasteiger partial charge in [-0.1, -0.05) is 36.4 Å². The second-order valence-electron chi connectivity index (χ2n) is 4.61. The molecule has 0 aromatic heterocycles. The summed E-state index contributed by atoms with van der Waals surface area (Å²) in [6, 6.07) is 9.30. The van der Waals surface area contributed by atoms with Crippen molar-refractivity contribution >= 4 is 17.6 Å². The lowest BCUT2D eigenvalue weighted by Gasteiger charge is -2.23. The number of carbonyl (C=O) groups excluding carboxylic acids is 2. The Kier molecular flexibility index (Phi) is 4.48. The van der Waals surface area contributed by atoms with Gasteiger partial charge in [-0.3, -0.25) is 9.59 Å². The number of allylic oxidation sites excluding steroid dienone is 2. The number of hydrogen-bond donors (Lipinski definition) is 1. The molecule has 0 saturated carbocycles. The first-order valence-electron chi connectivity index (χ1n) is 6.35. The number of ketones is 2. The molecule has 1 aromatic carbocycles. The number of carbonyl (C=O) groups is 2. The molecule has 1 aliphatic carbocycles. The number of ether oxygens (including phenoxy) is 1. The average molecular weight is 272 g/mol. The molecule has 0 aliphatic heterocycles. The largest absolute Gasteiger partial charge is 0.501 e. The third kappa shape index (κ3) is 3.22. The Bertz CT molecular complexity index is 557. The smallest absolute Gasteiger partial charge is 0.172 e. The van der Waals surface area contributed by atoms with Gasteiger partial charge < -0.3 is 9.84 Å². The Balaban J connectivity index is 2.12. The van der Waals surface area contributed by atoms with Gasteiger partial charge in [-0.2, -0.15) is 0 Å². The van der Waals surface area contributed by atoms with Crippen molar-refractivity contribution in [3.05, 3.63) is 53.8 Å². The van der Waals surface area contributed by atoms with E-state index < -0.39 is 23.6 Å². The second kappa shape index (κ2) is 6.30. The van der Waals surface area contributed by atoms with Gasteiger partial charge in [0.15, 0.2) is 11.6 Å². The summed E-state index contributed by atoms with van der Waals surface area (Å²) in [5.74, 6) is -1.44. The molecule has 2 unspecified atom stereocenters. The first-order valence-corrected chi connectivity index (χ1v) is 6.35. The molecule has 4 heteroatoms. The van der Waals surface area contributed by atoms with Crippen LogP contribution in [0.25, 0.3) is 6.08 Å². The van der Waals surface area contributed by atoms with Crippen LogP contribution in [-0.2, 0) is 14.3 Å². The molecule has 1 aliphatic rings. The molecule has 2 atom stereocenters. The molecular weight excluding hydrogens is 256 g/mol. The predicted octanol–water partition coefficient (Wildman–Crippen LogP) is 1.75. The van der Waals surface area contributed by atoms with Crippen LogP contribution in [0, 0.1) is 5.92 Å². The van der Waals surface area contributed by atoms with Gasteiger partial charge in [0, 0.05) is 12.5 Å². The summed E-state index contributed by atoms with van der Waals surface area (Å²) in [4.78, 5) is 23.9. The van der Waals surface area contributed by atoms with Gasteiger partial charge in [0.25, 0.3) is 0 Å². The molecular formula is C16H16O4. The normalized spacial score (nSPS) is 22.7. The summed E-state index contributed by atoms with van der Waals surface area (Å²) >= 11 is 0. The van der Waals surface area contributed by atoms with Gasteiger partial charge in [0.2, 0.25) is 0 Å². The molecule has 0 bridgehead atoms. The van der Waals surface area contributed by atoms with Crippen LogP contribution < -0.4 is 0 Å². The van der Waals surface area contributed by atoms with Crippen LogP contribution in [0.3, 0.4) is 0 Å². The summed E-state index contributed by atoms with van der Waals surface area (Å²) in [6.07, 6.45) is 3.41. The fourth-order valence-corrected chi connectivity index (χ4v) is 2.14. The molecule has 1 N–H and O–H groups in total. The maximum Gasteiger partial charge on any atom is 0.172 e. The lowest BCUT2D eigenvalue weighted by atomic mass is 9.85. The summed E-state index contributed by atoms with van der Waals surface area (Å²) in [6.45, 7) is 0. The summed E-state index contributed by atoms with van der Waals surface area (Å²) in [5.41, 5.74) is 0.867. The van der Waals surface area contributed by atoms with E-state index in [1.54, 1.807) is 6.08 Å². The molecule has 1 aromatic rings. The number of methoxy groups -OCH3 is 1. The average Bonchev–Trinajstić information content (AvgIpc) is 2.45. The van der Waals surface area contributed by atoms with Gasteiger partial charge in [-0.15, -0.1) is 0 Å². The quantitative estimate of drug-likeness (QED) is 0.670. The van der Waals surface area contributed by atoms with E-state index in [0.29, 0.717) is 5.76 Å². The zero-order valence-electron chi connectivity index (χ0n) is 11.2. The van der Waals surface area contributed by atoms with Gasteiger partial charge in [-0.05, 0) is 11.6 Å². The highest BCUT2D eigenvalue weighted by molar-refractivity contribution is 6.13. The van der Waals surface area contributed by atoms with Crippen LogP contribution in [0.4, 0.5) is 0 Å². The first-order chi connectivity index (χ1) is 9.61. The van der Waals surface area contributed by atoms with Crippen molar-refractivity contribution in [1.29, 1.82) is 0 Å². The van der Waals surface area contributed by atoms with Gasteiger partial charge in [-0.25, -0.2) is 0 Å². The fraction of sp³-hybridized carbons (Fsp3) is 0.250. The highest BCUT2D eigenvalue weighted by Crippen LogP contribution is 2.23. The minimum atomic E-state index is -1.03. The number of benzene rings is 1. The Labute approximate surface area is 117 Å². The van der Waals surface area contributed by atoms with Crippen molar-refractivity contribution in [3.8, 4) is 0 Å². The summed E-state index contributed by atoms with van der Waals surface area (Å²) in [5, 5.41) is 9.91. The Morgan fingerprint density at radius 1 is 1.35 bits per heavy atom. The van der Waals surface area contributed by atoms with Gasteiger partial charge in [0.05, 0.1) is 13.2 Å². The SMILES string of the molecule is COC1=CC(=O)C(C(=O)C=Cc2ccccc2)C(O)C1. The number of hydrogen-bond acceptors (Lipinski definition) is 4. The summed E-state index contributed by atoms with van der Waals surface area (Å²) in [7, 11) is 1.43. The number of aliphatic hydroxyl groups is 1. The monoisotopic (exact) mass is 272 g/mol. The molecule has 0 spiro atoms. The van der Waals surface area contributed by atoms with Crippen molar-refractivity contribution < 1.29 is 19.4 Å². The molecule has 104 valence electrons. The molecule has 0 saturated heterocycles. The maximum atomic E-state index is 12.0. The minimum absolute atomic E-state index is 0.178. The van der Waals surface area contributed by atoms with Crippen LogP contribution in [0.1, 0.15) is 12.0 Å². The van der Waals surface area contributed by atoms with E-state index in [9.17, 15) is 14.7 Å². The molecule has 0 radical (unpaired) electrons. The lowest BCUT2D eigenvalue weighted by Crippen LogP contribution is -2.37. The van der Waals surface area contributed by atoms with E-state index in [2.05, 4.69) is 0 Å². The molecule has 2 rings (SSSR count). The highest BCUT2D eigenvalue weighted by Gasteiger charge is 2.35. The van der Waals surface area contributed by atoms with E-state index in [1.165, 1.54) is 19.3 Å². The number of rotatable bonds is 4. The van der Waals surface area contributed by atoms with E-state index in [4.69, 9.17) is 4.74 Å². The van der Waals surface area contributed by atoms with Crippen LogP contribution >= 0.6 is 0 Å². The Morgan fingerprint density at radius 2 is 2.05 bits per heavy atom. The van der Waals surface area contributed by atoms with Crippen LogP contribution in [0.5, 0.6) is 0 Å². The highest BCUT2D eigenvalue weighted by atomic mass is 16.5. The van der Waals surface area contributed by atoms with Crippen molar-refractivity contribution in [2.45, 2.75) is 12.5 Å². The van der Waals surface area contributed by atoms with Crippen molar-refractivity contribution in [3.63, 3.8) is 0 Å². The third-order valence-electron chi connectivity index (χ3n) is 3.21. The van der Waals surface area contributed by atoms with E-state index >= 15 is 0 Å². The van der Waals surface area contributed by atoms with E-state index in [-0.39, 0.29) is 6.42 Å². The van der Waals surface area contributed by atoms with Crippen molar-refractivity contribution in [2.75, 3.05) is 7.11 Å². The molecule has 4 nitrogen and oxygen atoms in total. The summed E-state index contributed by atoms with van der Waals surface area (Å²) < 4.78 is 4.94. The molecule has 0 amide bonds. The molecule has 0 fully saturated rings. The van der Waals surface area contributed by atoms with Gasteiger partial charge >= 0.3 is 0 Å². The fourth-order valence-electron chi connectivity index (χ4n) is 2.14. The Morgan fingerprint density at radius 3 is 2.65 bits per heavy atom. The van der Waals surface area contributed by atoms with Crippen molar-refractivity contribution in [2.24, 2.45) is 5.92 Å². The predicted molar refractivity (Wildman–Crippen MR) is 74.7 cm³/mol. The van der Waals surface area contributed by atoms with Crippen LogP contribution in [-0.4, -0.2) is 29.9 Å². The van der Waals surface area contributed by atoms with E-state index in [1.807, 2.05) is 30.3 Å². The maximum absolute atomic E-state index is 12.0. The van der Waals surface area contributed by atoms with Crippen molar-refractivity contribution in [1.82, 2.24) is 0 Å². The zero-order valence-corrected chi connectivity index (χ0v) is 11.2. The molecule has 20 heavy (non-hydrogen) atoms. The lowest BCUT2D eigenvalue weighted by molar-refractivity contribution is -0.133. The second-order valence-corrected chi connectivity index (χ2v) is 4.61. The Hall–Kier alpha value is -2.20. The molecule has 0 heterocycles. The van der Waals surface area contributed by atoms with Crippen LogP contribution in [0.2, 0.25) is 0 Å². The minimum Gasteiger partial charge on any atom is -0.501 e. The van der Waals surface area contributed by atoms with E-state index in [0.717, 1.165) is 5.56 Å². The van der Waals surface area contributed by atoms with Crippen LogP contribution in [0.15, 0.2) is 48.2 Å². The van der Waals surface area contributed by atoms with Gasteiger partial charge in [0.1, 0.15) is 11.7 Å². The zero-order chi connectivity index (χ0) is 14.5. The third-order valence-corrected chi connectivity index (χ3v) is 3.21.